The summed E-state index contributed by atoms with van der Waals surface area (Å²) in [6, 6.07) is 0. The van der Waals surface area contributed by atoms with E-state index in [1.165, 1.54) is 0 Å². The lowest BCUT2D eigenvalue weighted by molar-refractivity contribution is -0.232. The number of aliphatic hydroxyl groups is 1. The largest absolute Gasteiger partial charge is 0.387 e. The third-order valence-corrected chi connectivity index (χ3v) is 3.45. The van der Waals surface area contributed by atoms with Gasteiger partial charge in [-0.3, -0.25) is 0 Å². The minimum atomic E-state index is -0.765. The van der Waals surface area contributed by atoms with Crippen molar-refractivity contribution in [3.8, 4) is 0 Å². The van der Waals surface area contributed by atoms with Crippen LogP contribution >= 0.6 is 0 Å². The molecule has 0 radical (unpaired) electrons. The first kappa shape index (κ1) is 12.8. The molecule has 0 aromatic heterocycles. The molecule has 0 bridgehead atoms. The molecular weight excluding hydrogens is 240 g/mol. The van der Waals surface area contributed by atoms with Gasteiger partial charge in [-0.1, -0.05) is 0 Å². The monoisotopic (exact) mass is 260 g/mol. The van der Waals surface area contributed by atoms with Crippen molar-refractivity contribution >= 4 is 0 Å². The van der Waals surface area contributed by atoms with Gasteiger partial charge >= 0.3 is 0 Å². The molecule has 0 spiro atoms. The summed E-state index contributed by atoms with van der Waals surface area (Å²) in [7, 11) is 0. The smallest absolute Gasteiger partial charge is 0.190 e. The third kappa shape index (κ3) is 2.07. The fourth-order valence-corrected chi connectivity index (χ4v) is 2.70. The van der Waals surface area contributed by atoms with Crippen LogP contribution in [0.25, 0.3) is 0 Å². The van der Waals surface area contributed by atoms with Crippen LogP contribution in [-0.2, 0) is 23.7 Å². The van der Waals surface area contributed by atoms with Gasteiger partial charge in [-0.2, -0.15) is 0 Å². The van der Waals surface area contributed by atoms with Gasteiger partial charge in [0.2, 0.25) is 0 Å². The first-order chi connectivity index (χ1) is 8.27. The summed E-state index contributed by atoms with van der Waals surface area (Å²) in [5.41, 5.74) is 0. The molecule has 3 saturated heterocycles. The maximum Gasteiger partial charge on any atom is 0.190 e. The van der Waals surface area contributed by atoms with Crippen LogP contribution in [0.15, 0.2) is 0 Å². The van der Waals surface area contributed by atoms with Crippen molar-refractivity contribution in [1.82, 2.24) is 0 Å². The molecule has 0 aromatic rings. The maximum atomic E-state index is 10.3. The number of hydrogen-bond donors (Lipinski definition) is 1. The number of fused-ring (bicyclic) bond motifs is 1. The summed E-state index contributed by atoms with van der Waals surface area (Å²) in [4.78, 5) is 0. The van der Waals surface area contributed by atoms with Crippen molar-refractivity contribution in [2.45, 2.75) is 70.0 Å². The molecule has 3 rings (SSSR count). The highest BCUT2D eigenvalue weighted by Gasteiger charge is 2.57. The Hall–Kier alpha value is -0.240. The molecule has 1 N–H and O–H groups in total. The molecule has 3 aliphatic heterocycles. The number of aliphatic hydroxyl groups excluding tert-OH is 1. The fraction of sp³-hybridized carbons (Fsp3) is 1.00. The van der Waals surface area contributed by atoms with Gasteiger partial charge in [0.15, 0.2) is 17.9 Å². The predicted molar refractivity (Wildman–Crippen MR) is 59.6 cm³/mol. The average Bonchev–Trinajstić information content (AvgIpc) is 2.81. The number of rotatable bonds is 1. The van der Waals surface area contributed by atoms with Crippen molar-refractivity contribution < 1.29 is 28.8 Å². The van der Waals surface area contributed by atoms with Gasteiger partial charge in [0, 0.05) is 0 Å². The van der Waals surface area contributed by atoms with E-state index in [-0.39, 0.29) is 6.10 Å². The van der Waals surface area contributed by atoms with Crippen molar-refractivity contribution in [2.24, 2.45) is 0 Å². The highest BCUT2D eigenvalue weighted by atomic mass is 16.8. The first-order valence-electron chi connectivity index (χ1n) is 6.28. The van der Waals surface area contributed by atoms with Crippen LogP contribution in [-0.4, -0.2) is 54.0 Å². The molecule has 3 aliphatic rings. The molecule has 3 heterocycles. The molecule has 0 aromatic carbocycles. The number of hydrogen-bond acceptors (Lipinski definition) is 6. The Morgan fingerprint density at radius 1 is 0.944 bits per heavy atom. The van der Waals surface area contributed by atoms with Gasteiger partial charge in [-0.15, -0.1) is 0 Å². The van der Waals surface area contributed by atoms with Crippen molar-refractivity contribution in [1.29, 1.82) is 0 Å². The van der Waals surface area contributed by atoms with E-state index in [0.717, 1.165) is 0 Å². The zero-order chi connectivity index (χ0) is 13.1. The third-order valence-electron chi connectivity index (χ3n) is 3.45. The molecule has 104 valence electrons. The Bertz CT molecular complexity index is 341. The normalized spacial score (nSPS) is 49.5. The molecular formula is C12H20O6. The fourth-order valence-electron chi connectivity index (χ4n) is 2.70. The van der Waals surface area contributed by atoms with Crippen molar-refractivity contribution in [2.75, 3.05) is 6.61 Å². The predicted octanol–water partition coefficient (Wildman–Crippen LogP) is 0.375. The van der Waals surface area contributed by atoms with Crippen LogP contribution in [0.2, 0.25) is 0 Å². The van der Waals surface area contributed by atoms with E-state index in [0.29, 0.717) is 6.61 Å². The summed E-state index contributed by atoms with van der Waals surface area (Å²) in [5.74, 6) is -1.35. The topological polar surface area (TPSA) is 66.4 Å². The van der Waals surface area contributed by atoms with Gasteiger partial charge in [0.25, 0.3) is 0 Å². The Morgan fingerprint density at radius 3 is 2.22 bits per heavy atom. The second kappa shape index (κ2) is 3.88. The quantitative estimate of drug-likeness (QED) is 0.735. The van der Waals surface area contributed by atoms with Gasteiger partial charge in [0.1, 0.15) is 24.4 Å². The summed E-state index contributed by atoms with van der Waals surface area (Å²) in [6.45, 7) is 7.68. The minimum absolute atomic E-state index is 0.295. The van der Waals surface area contributed by atoms with Crippen LogP contribution in [0.4, 0.5) is 0 Å². The lowest BCUT2D eigenvalue weighted by Gasteiger charge is -2.26. The molecule has 18 heavy (non-hydrogen) atoms. The second-order valence-corrected chi connectivity index (χ2v) is 5.93. The van der Waals surface area contributed by atoms with E-state index in [1.54, 1.807) is 13.8 Å². The lowest BCUT2D eigenvalue weighted by Crippen LogP contribution is -2.42. The Labute approximate surface area is 106 Å². The molecule has 2 unspecified atom stereocenters. The molecule has 6 nitrogen and oxygen atoms in total. The Kier molecular flexibility index (Phi) is 2.75. The van der Waals surface area contributed by atoms with Gasteiger partial charge in [0.05, 0.1) is 6.61 Å². The van der Waals surface area contributed by atoms with Gasteiger partial charge in [-0.25, -0.2) is 0 Å². The van der Waals surface area contributed by atoms with Crippen LogP contribution < -0.4 is 0 Å². The van der Waals surface area contributed by atoms with E-state index in [2.05, 4.69) is 0 Å². The van der Waals surface area contributed by atoms with E-state index < -0.39 is 36.2 Å². The van der Waals surface area contributed by atoms with Crippen LogP contribution in [0.3, 0.4) is 0 Å². The summed E-state index contributed by atoms with van der Waals surface area (Å²) in [5, 5.41) is 10.3. The SMILES string of the molecule is CC1(C)OCC(C2O[C@@H]3OC(C)(C)O[C@@H]3[C@@H]2O)O1. The lowest BCUT2D eigenvalue weighted by atomic mass is 10.1. The summed E-state index contributed by atoms with van der Waals surface area (Å²) >= 11 is 0. The molecule has 5 atom stereocenters. The standard InChI is InChI=1S/C12H20O6/c1-11(2)14-5-6(16-11)8-7(13)9-10(15-8)18-12(3,4)17-9/h6-10,13H,5H2,1-4H3/t6?,7-,8?,9-,10-/m1/s1. The summed E-state index contributed by atoms with van der Waals surface area (Å²) < 4.78 is 28.1. The molecule has 3 fully saturated rings. The van der Waals surface area contributed by atoms with Crippen molar-refractivity contribution in [3.63, 3.8) is 0 Å². The van der Waals surface area contributed by atoms with E-state index in [4.69, 9.17) is 23.7 Å². The van der Waals surface area contributed by atoms with Crippen molar-refractivity contribution in [3.05, 3.63) is 0 Å². The van der Waals surface area contributed by atoms with Gasteiger partial charge in [-0.05, 0) is 27.7 Å². The molecule has 0 saturated carbocycles. The summed E-state index contributed by atoms with van der Waals surface area (Å²) in [6.07, 6.45) is -2.53. The average molecular weight is 260 g/mol. The zero-order valence-corrected chi connectivity index (χ0v) is 11.1. The maximum absolute atomic E-state index is 10.3. The minimum Gasteiger partial charge on any atom is -0.387 e. The van der Waals surface area contributed by atoms with Crippen LogP contribution in [0, 0.1) is 0 Å². The molecule has 0 amide bonds. The second-order valence-electron chi connectivity index (χ2n) is 5.93. The van der Waals surface area contributed by atoms with E-state index in [9.17, 15) is 5.11 Å². The Balaban J connectivity index is 1.68. The highest BCUT2D eigenvalue weighted by Crippen LogP contribution is 2.40. The van der Waals surface area contributed by atoms with E-state index >= 15 is 0 Å². The highest BCUT2D eigenvalue weighted by molar-refractivity contribution is 4.97. The zero-order valence-electron chi connectivity index (χ0n) is 11.1. The van der Waals surface area contributed by atoms with Crippen LogP contribution in [0.1, 0.15) is 27.7 Å². The molecule has 0 aliphatic carbocycles. The van der Waals surface area contributed by atoms with Crippen LogP contribution in [0.5, 0.6) is 0 Å². The first-order valence-corrected chi connectivity index (χ1v) is 6.28. The van der Waals surface area contributed by atoms with Gasteiger partial charge < -0.3 is 28.8 Å². The Morgan fingerprint density at radius 2 is 1.67 bits per heavy atom. The number of ether oxygens (including phenoxy) is 5. The molecule has 6 heteroatoms. The van der Waals surface area contributed by atoms with E-state index in [1.807, 2.05) is 13.8 Å².